The fraction of sp³-hybridized carbons (Fsp3) is 0.206. The van der Waals surface area contributed by atoms with E-state index in [1.54, 1.807) is 0 Å². The Morgan fingerprint density at radius 2 is 0.800 bits per heavy atom. The van der Waals surface area contributed by atoms with Crippen molar-refractivity contribution >= 4 is 39.0 Å². The molecule has 0 N–H and O–H groups in total. The summed E-state index contributed by atoms with van der Waals surface area (Å²) >= 11 is 0. The van der Waals surface area contributed by atoms with Crippen LogP contribution in [0.2, 0.25) is 0 Å². The van der Waals surface area contributed by atoms with Gasteiger partial charge in [-0.3, -0.25) is 0 Å². The zero-order chi connectivity index (χ0) is 48.1. The van der Waals surface area contributed by atoms with E-state index in [0.717, 1.165) is 50.1 Å². The molecule has 0 atom stereocenters. The first-order valence-corrected chi connectivity index (χ1v) is 25.5. The van der Waals surface area contributed by atoms with E-state index < -0.39 is 0 Å². The molecule has 70 heavy (non-hydrogen) atoms. The second kappa shape index (κ2) is 16.6. The SMILES string of the molecule is CC(C)C1(C(C)C)c2cc(N(c3ccc(-c4ccccc4)cc3)c3ccc(-c4cccc5c4oc4ccccc45)cc3)ccc2-c2cc3c(cc21)-c1c(-c2ccccc2)cccc1C3(C(C)C)C(C)C. The monoisotopic (exact) mass is 907 g/mol. The van der Waals surface area contributed by atoms with E-state index in [9.17, 15) is 0 Å². The smallest absolute Gasteiger partial charge is 0.143 e. The van der Waals surface area contributed by atoms with Gasteiger partial charge in [0.2, 0.25) is 0 Å². The van der Waals surface area contributed by atoms with Gasteiger partial charge < -0.3 is 9.32 Å². The van der Waals surface area contributed by atoms with Gasteiger partial charge in [0.25, 0.3) is 0 Å². The molecule has 0 fully saturated rings. The zero-order valence-corrected chi connectivity index (χ0v) is 41.7. The molecule has 12 rings (SSSR count). The van der Waals surface area contributed by atoms with Gasteiger partial charge in [-0.2, -0.15) is 0 Å². The largest absolute Gasteiger partial charge is 0.455 e. The summed E-state index contributed by atoms with van der Waals surface area (Å²) in [5.74, 6) is 1.42. The first kappa shape index (κ1) is 43.8. The molecule has 1 heterocycles. The number of anilines is 3. The van der Waals surface area contributed by atoms with Gasteiger partial charge in [0.15, 0.2) is 0 Å². The van der Waals surface area contributed by atoms with Gasteiger partial charge in [-0.05, 0) is 151 Å². The summed E-state index contributed by atoms with van der Waals surface area (Å²) in [6, 6.07) is 74.6. The van der Waals surface area contributed by atoms with Crippen molar-refractivity contribution in [3.8, 4) is 55.6 Å². The van der Waals surface area contributed by atoms with Crippen LogP contribution in [0.15, 0.2) is 205 Å². The standard InChI is InChI=1S/C68H61NO/c1-42(2)67(43(3)4)60-27-18-24-53(48-21-13-10-14-22-48)65(60)59-41-62-58(40-63(59)67)55-38-37-52(39-61(55)68(62,44(5)6)45(7)8)69(50-33-29-47(30-34-50)46-19-11-9-12-20-46)51-35-31-49(32-36-51)54-25-17-26-57-56-23-15-16-28-64(56)70-66(54)57/h9-45H,1-8H3. The lowest BCUT2D eigenvalue weighted by Gasteiger charge is -2.42. The lowest BCUT2D eigenvalue weighted by atomic mass is 9.61. The Morgan fingerprint density at radius 1 is 0.329 bits per heavy atom. The highest BCUT2D eigenvalue weighted by molar-refractivity contribution is 6.09. The van der Waals surface area contributed by atoms with Crippen LogP contribution >= 0.6 is 0 Å². The average Bonchev–Trinajstić information content (AvgIpc) is 4.01. The second-order valence-electron chi connectivity index (χ2n) is 21.2. The van der Waals surface area contributed by atoms with Gasteiger partial charge in [0, 0.05) is 44.2 Å². The van der Waals surface area contributed by atoms with E-state index >= 15 is 0 Å². The Hall–Kier alpha value is -7.42. The van der Waals surface area contributed by atoms with E-state index in [0.29, 0.717) is 23.7 Å². The van der Waals surface area contributed by atoms with Crippen LogP contribution < -0.4 is 4.90 Å². The lowest BCUT2D eigenvalue weighted by molar-refractivity contribution is 0.277. The van der Waals surface area contributed by atoms with Crippen LogP contribution in [0.4, 0.5) is 17.1 Å². The quantitative estimate of drug-likeness (QED) is 0.136. The maximum Gasteiger partial charge on any atom is 0.143 e. The highest BCUT2D eigenvalue weighted by atomic mass is 16.3. The zero-order valence-electron chi connectivity index (χ0n) is 41.7. The number of nitrogens with zero attached hydrogens (tertiary/aromatic N) is 1. The first-order valence-electron chi connectivity index (χ1n) is 25.5. The number of para-hydroxylation sites is 2. The minimum atomic E-state index is -0.240. The molecule has 2 aliphatic carbocycles. The maximum atomic E-state index is 6.52. The van der Waals surface area contributed by atoms with Crippen molar-refractivity contribution in [2.24, 2.45) is 23.7 Å². The van der Waals surface area contributed by atoms with Crippen molar-refractivity contribution in [2.45, 2.75) is 66.2 Å². The lowest BCUT2D eigenvalue weighted by Crippen LogP contribution is -2.38. The molecule has 2 nitrogen and oxygen atoms in total. The molecule has 9 aromatic carbocycles. The molecule has 2 aliphatic rings. The number of rotatable bonds is 10. The Bertz CT molecular complexity index is 3580. The van der Waals surface area contributed by atoms with Gasteiger partial charge >= 0.3 is 0 Å². The normalized spacial score (nSPS) is 14.2. The first-order chi connectivity index (χ1) is 34.0. The Morgan fingerprint density at radius 3 is 1.46 bits per heavy atom. The van der Waals surface area contributed by atoms with E-state index in [1.807, 2.05) is 6.07 Å². The summed E-state index contributed by atoms with van der Waals surface area (Å²) in [5.41, 5.74) is 23.5. The fourth-order valence-electron chi connectivity index (χ4n) is 13.8. The van der Waals surface area contributed by atoms with Crippen molar-refractivity contribution in [2.75, 3.05) is 4.90 Å². The number of fused-ring (bicyclic) bond motifs is 9. The molecule has 0 radical (unpaired) electrons. The van der Waals surface area contributed by atoms with Gasteiger partial charge in [0.1, 0.15) is 11.2 Å². The number of hydrogen-bond donors (Lipinski definition) is 0. The highest BCUT2D eigenvalue weighted by Crippen LogP contribution is 2.64. The molecule has 1 aromatic heterocycles. The summed E-state index contributed by atoms with van der Waals surface area (Å²) in [6.45, 7) is 19.6. The van der Waals surface area contributed by atoms with E-state index in [4.69, 9.17) is 4.42 Å². The molecule has 0 aliphatic heterocycles. The van der Waals surface area contributed by atoms with Gasteiger partial charge in [-0.25, -0.2) is 0 Å². The minimum absolute atomic E-state index is 0.143. The van der Waals surface area contributed by atoms with Crippen LogP contribution in [0.1, 0.15) is 77.6 Å². The molecule has 0 saturated carbocycles. The minimum Gasteiger partial charge on any atom is -0.455 e. The van der Waals surface area contributed by atoms with Crippen LogP contribution in [0.25, 0.3) is 77.6 Å². The highest BCUT2D eigenvalue weighted by Gasteiger charge is 2.53. The topological polar surface area (TPSA) is 16.4 Å². The summed E-state index contributed by atoms with van der Waals surface area (Å²) in [5, 5.41) is 2.28. The van der Waals surface area contributed by atoms with Crippen molar-refractivity contribution in [3.63, 3.8) is 0 Å². The third-order valence-electron chi connectivity index (χ3n) is 16.6. The van der Waals surface area contributed by atoms with E-state index in [2.05, 4.69) is 254 Å². The Labute approximate surface area is 414 Å². The van der Waals surface area contributed by atoms with Crippen LogP contribution in [0.5, 0.6) is 0 Å². The summed E-state index contributed by atoms with van der Waals surface area (Å²) in [6.07, 6.45) is 0. The number of furan rings is 1. The molecule has 0 bridgehead atoms. The summed E-state index contributed by atoms with van der Waals surface area (Å²) in [7, 11) is 0. The molecule has 0 saturated heterocycles. The molecular weight excluding hydrogens is 847 g/mol. The number of hydrogen-bond acceptors (Lipinski definition) is 2. The molecule has 0 unspecified atom stereocenters. The number of benzene rings is 9. The van der Waals surface area contributed by atoms with Gasteiger partial charge in [0.05, 0.1) is 0 Å². The molecule has 10 aromatic rings. The Kier molecular flexibility index (Phi) is 10.4. The van der Waals surface area contributed by atoms with Gasteiger partial charge in [-0.15, -0.1) is 0 Å². The van der Waals surface area contributed by atoms with Crippen molar-refractivity contribution in [1.29, 1.82) is 0 Å². The van der Waals surface area contributed by atoms with Gasteiger partial charge in [-0.1, -0.05) is 201 Å². The molecule has 0 amide bonds. The summed E-state index contributed by atoms with van der Waals surface area (Å²) in [4.78, 5) is 2.46. The predicted molar refractivity (Wildman–Crippen MR) is 296 cm³/mol. The average molecular weight is 908 g/mol. The maximum absolute atomic E-state index is 6.52. The fourth-order valence-corrected chi connectivity index (χ4v) is 13.8. The van der Waals surface area contributed by atoms with Crippen molar-refractivity contribution in [3.05, 3.63) is 222 Å². The van der Waals surface area contributed by atoms with Crippen molar-refractivity contribution < 1.29 is 4.42 Å². The predicted octanol–water partition coefficient (Wildman–Crippen LogP) is 19.2. The molecule has 344 valence electrons. The third-order valence-corrected chi connectivity index (χ3v) is 16.6. The summed E-state index contributed by atoms with van der Waals surface area (Å²) < 4.78 is 6.52. The second-order valence-corrected chi connectivity index (χ2v) is 21.2. The molecule has 2 heteroatoms. The van der Waals surface area contributed by atoms with Crippen LogP contribution in [0.3, 0.4) is 0 Å². The van der Waals surface area contributed by atoms with Crippen LogP contribution in [0, 0.1) is 23.7 Å². The van der Waals surface area contributed by atoms with Crippen LogP contribution in [-0.4, -0.2) is 0 Å². The van der Waals surface area contributed by atoms with Crippen molar-refractivity contribution in [1.82, 2.24) is 0 Å². The molecular formula is C68H61NO. The van der Waals surface area contributed by atoms with E-state index in [1.165, 1.54) is 66.8 Å². The van der Waals surface area contributed by atoms with Crippen LogP contribution in [-0.2, 0) is 10.8 Å². The van der Waals surface area contributed by atoms with E-state index in [-0.39, 0.29) is 10.8 Å². The molecule has 0 spiro atoms. The Balaban J connectivity index is 1.05. The third kappa shape index (κ3) is 6.31.